The minimum atomic E-state index is -0.211. The highest BCUT2D eigenvalue weighted by atomic mass is 16.3. The van der Waals surface area contributed by atoms with Crippen LogP contribution in [0.15, 0.2) is 36.7 Å². The quantitative estimate of drug-likeness (QED) is 0.731. The summed E-state index contributed by atoms with van der Waals surface area (Å²) in [5, 5.41) is 18.8. The van der Waals surface area contributed by atoms with E-state index in [1.165, 1.54) is 0 Å². The van der Waals surface area contributed by atoms with Crippen LogP contribution in [-0.2, 0) is 13.6 Å². The van der Waals surface area contributed by atoms with Gasteiger partial charge in [-0.15, -0.1) is 0 Å². The Balaban J connectivity index is 1.92. The molecule has 2 aromatic rings. The number of hydrogen-bond donors (Lipinski definition) is 3. The highest BCUT2D eigenvalue weighted by Crippen LogP contribution is 2.19. The number of aromatic nitrogens is 2. The van der Waals surface area contributed by atoms with Crippen molar-refractivity contribution in [3.63, 3.8) is 0 Å². The van der Waals surface area contributed by atoms with Gasteiger partial charge in [0.15, 0.2) is 0 Å². The number of aryl methyl sites for hydroxylation is 1. The maximum atomic E-state index is 11.9. The van der Waals surface area contributed by atoms with Crippen LogP contribution in [-0.4, -0.2) is 33.6 Å². The highest BCUT2D eigenvalue weighted by Gasteiger charge is 2.09. The normalized spacial score (nSPS) is 12.0. The second-order valence-electron chi connectivity index (χ2n) is 5.55. The third kappa shape index (κ3) is 5.10. The average Bonchev–Trinajstić information content (AvgIpc) is 2.99. The smallest absolute Gasteiger partial charge is 0.315 e. The topological polar surface area (TPSA) is 79.2 Å². The molecule has 2 amide bonds. The molecule has 0 saturated heterocycles. The Morgan fingerprint density at radius 2 is 2.22 bits per heavy atom. The maximum absolute atomic E-state index is 11.9. The first kappa shape index (κ1) is 17.0. The van der Waals surface area contributed by atoms with E-state index in [4.69, 9.17) is 5.11 Å². The Morgan fingerprint density at radius 3 is 2.87 bits per heavy atom. The zero-order valence-corrected chi connectivity index (χ0v) is 13.6. The third-order valence-corrected chi connectivity index (χ3v) is 3.72. The van der Waals surface area contributed by atoms with Crippen molar-refractivity contribution in [2.45, 2.75) is 32.4 Å². The number of hydrogen-bond acceptors (Lipinski definition) is 3. The number of amides is 2. The van der Waals surface area contributed by atoms with Crippen LogP contribution in [0.3, 0.4) is 0 Å². The van der Waals surface area contributed by atoms with Crippen molar-refractivity contribution in [2.24, 2.45) is 7.05 Å². The van der Waals surface area contributed by atoms with Gasteiger partial charge in [-0.3, -0.25) is 4.68 Å². The molecular weight excluding hydrogens is 292 g/mol. The van der Waals surface area contributed by atoms with Crippen molar-refractivity contribution in [2.75, 3.05) is 6.61 Å². The van der Waals surface area contributed by atoms with E-state index in [1.807, 2.05) is 50.6 Å². The molecule has 1 unspecified atom stereocenters. The summed E-state index contributed by atoms with van der Waals surface area (Å²) in [7, 11) is 1.88. The number of aliphatic hydroxyl groups is 1. The first-order valence-corrected chi connectivity index (χ1v) is 7.85. The standard InChI is InChI=1S/C17H24N4O2/c1-3-16(7-8-22)20-17(23)18-10-13-5-4-6-14(9-13)15-11-19-21(2)12-15/h4-6,9,11-12,16,22H,3,7-8,10H2,1-2H3,(H2,18,20,23). The summed E-state index contributed by atoms with van der Waals surface area (Å²) >= 11 is 0. The molecule has 23 heavy (non-hydrogen) atoms. The van der Waals surface area contributed by atoms with Gasteiger partial charge in [0.25, 0.3) is 0 Å². The summed E-state index contributed by atoms with van der Waals surface area (Å²) in [5.74, 6) is 0. The largest absolute Gasteiger partial charge is 0.396 e. The predicted octanol–water partition coefficient (Wildman–Crippen LogP) is 2.05. The van der Waals surface area contributed by atoms with Gasteiger partial charge in [-0.2, -0.15) is 5.10 Å². The van der Waals surface area contributed by atoms with E-state index in [2.05, 4.69) is 15.7 Å². The van der Waals surface area contributed by atoms with Gasteiger partial charge in [0, 0.05) is 38.0 Å². The Bertz CT molecular complexity index is 639. The molecule has 0 saturated carbocycles. The Hall–Kier alpha value is -2.34. The van der Waals surface area contributed by atoms with Crippen molar-refractivity contribution in [1.82, 2.24) is 20.4 Å². The van der Waals surface area contributed by atoms with Crippen LogP contribution in [0.25, 0.3) is 11.1 Å². The predicted molar refractivity (Wildman–Crippen MR) is 89.8 cm³/mol. The molecule has 1 aromatic heterocycles. The number of rotatable bonds is 7. The summed E-state index contributed by atoms with van der Waals surface area (Å²) in [5.41, 5.74) is 3.15. The monoisotopic (exact) mass is 316 g/mol. The van der Waals surface area contributed by atoms with Gasteiger partial charge in [-0.05, 0) is 30.0 Å². The highest BCUT2D eigenvalue weighted by molar-refractivity contribution is 5.74. The van der Waals surface area contributed by atoms with Crippen molar-refractivity contribution >= 4 is 6.03 Å². The van der Waals surface area contributed by atoms with Crippen LogP contribution in [0.4, 0.5) is 4.79 Å². The van der Waals surface area contributed by atoms with Gasteiger partial charge < -0.3 is 15.7 Å². The molecule has 124 valence electrons. The van der Waals surface area contributed by atoms with Crippen molar-refractivity contribution < 1.29 is 9.90 Å². The number of carbonyl (C=O) groups is 1. The van der Waals surface area contributed by atoms with Crippen molar-refractivity contribution in [3.8, 4) is 11.1 Å². The van der Waals surface area contributed by atoms with Crippen LogP contribution in [0.2, 0.25) is 0 Å². The molecule has 1 heterocycles. The lowest BCUT2D eigenvalue weighted by Gasteiger charge is -2.16. The first-order chi connectivity index (χ1) is 11.1. The van der Waals surface area contributed by atoms with Crippen LogP contribution in [0, 0.1) is 0 Å². The fourth-order valence-corrected chi connectivity index (χ4v) is 2.38. The lowest BCUT2D eigenvalue weighted by molar-refractivity contribution is 0.227. The Kier molecular flexibility index (Phi) is 6.17. The van der Waals surface area contributed by atoms with Gasteiger partial charge in [0.05, 0.1) is 6.20 Å². The molecule has 0 aliphatic rings. The van der Waals surface area contributed by atoms with Crippen LogP contribution in [0.1, 0.15) is 25.3 Å². The van der Waals surface area contributed by atoms with E-state index >= 15 is 0 Å². The summed E-state index contributed by atoms with van der Waals surface area (Å²) in [6.07, 6.45) is 5.14. The second-order valence-corrected chi connectivity index (χ2v) is 5.55. The maximum Gasteiger partial charge on any atom is 0.315 e. The molecule has 0 aliphatic carbocycles. The first-order valence-electron chi connectivity index (χ1n) is 7.85. The molecule has 1 aromatic carbocycles. The summed E-state index contributed by atoms with van der Waals surface area (Å²) < 4.78 is 1.76. The molecule has 1 atom stereocenters. The summed E-state index contributed by atoms with van der Waals surface area (Å²) in [6, 6.07) is 7.80. The number of urea groups is 1. The molecule has 0 bridgehead atoms. The van der Waals surface area contributed by atoms with Gasteiger partial charge in [0.1, 0.15) is 0 Å². The van der Waals surface area contributed by atoms with Crippen LogP contribution >= 0.6 is 0 Å². The van der Waals surface area contributed by atoms with E-state index in [0.717, 1.165) is 23.1 Å². The minimum absolute atomic E-state index is 0.00160. The van der Waals surface area contributed by atoms with E-state index in [-0.39, 0.29) is 18.7 Å². The second kappa shape index (κ2) is 8.33. The van der Waals surface area contributed by atoms with E-state index < -0.39 is 0 Å². The van der Waals surface area contributed by atoms with Gasteiger partial charge in [0.2, 0.25) is 0 Å². The molecule has 6 heteroatoms. The number of carbonyl (C=O) groups excluding carboxylic acids is 1. The summed E-state index contributed by atoms with van der Waals surface area (Å²) in [4.78, 5) is 11.9. The van der Waals surface area contributed by atoms with Gasteiger partial charge >= 0.3 is 6.03 Å². The lowest BCUT2D eigenvalue weighted by Crippen LogP contribution is -2.41. The average molecular weight is 316 g/mol. The Labute approximate surface area is 136 Å². The van der Waals surface area contributed by atoms with E-state index in [1.54, 1.807) is 4.68 Å². The number of aliphatic hydroxyl groups excluding tert-OH is 1. The molecule has 0 radical (unpaired) electrons. The molecule has 2 rings (SSSR count). The Morgan fingerprint density at radius 1 is 1.39 bits per heavy atom. The molecule has 6 nitrogen and oxygen atoms in total. The van der Waals surface area contributed by atoms with Gasteiger partial charge in [-0.25, -0.2) is 4.79 Å². The zero-order chi connectivity index (χ0) is 16.7. The third-order valence-electron chi connectivity index (χ3n) is 3.72. The van der Waals surface area contributed by atoms with Crippen LogP contribution < -0.4 is 10.6 Å². The molecule has 3 N–H and O–H groups in total. The number of nitrogens with zero attached hydrogens (tertiary/aromatic N) is 2. The minimum Gasteiger partial charge on any atom is -0.396 e. The van der Waals surface area contributed by atoms with Crippen LogP contribution in [0.5, 0.6) is 0 Å². The SMILES string of the molecule is CCC(CCO)NC(=O)NCc1cccc(-c2cnn(C)c2)c1. The fourth-order valence-electron chi connectivity index (χ4n) is 2.38. The molecule has 0 aliphatic heterocycles. The summed E-state index contributed by atoms with van der Waals surface area (Å²) in [6.45, 7) is 2.51. The fraction of sp³-hybridized carbons (Fsp3) is 0.412. The van der Waals surface area contributed by atoms with Crippen molar-refractivity contribution in [1.29, 1.82) is 0 Å². The number of nitrogens with one attached hydrogen (secondary N) is 2. The molecule has 0 fully saturated rings. The van der Waals surface area contributed by atoms with E-state index in [0.29, 0.717) is 13.0 Å². The van der Waals surface area contributed by atoms with Gasteiger partial charge in [-0.1, -0.05) is 25.1 Å². The van der Waals surface area contributed by atoms with E-state index in [9.17, 15) is 4.79 Å². The zero-order valence-electron chi connectivity index (χ0n) is 13.6. The number of benzene rings is 1. The van der Waals surface area contributed by atoms with Crippen molar-refractivity contribution in [3.05, 3.63) is 42.2 Å². The lowest BCUT2D eigenvalue weighted by atomic mass is 10.1. The molecular formula is C17H24N4O2. The molecule has 0 spiro atoms.